The van der Waals surface area contributed by atoms with E-state index >= 15 is 0 Å². The summed E-state index contributed by atoms with van der Waals surface area (Å²) in [6, 6.07) is 2.54. The Morgan fingerprint density at radius 2 is 1.69 bits per heavy atom. The van der Waals surface area contributed by atoms with E-state index in [1.54, 1.807) is 0 Å². The van der Waals surface area contributed by atoms with Crippen molar-refractivity contribution in [1.82, 2.24) is 5.32 Å². The zero-order chi connectivity index (χ0) is 8.89. The number of hydrogen-bond donors (Lipinski definition) is 1. The lowest BCUT2D eigenvalue weighted by atomic mass is 10.0. The van der Waals surface area contributed by atoms with Gasteiger partial charge in [0.25, 0.3) is 0 Å². The van der Waals surface area contributed by atoms with Crippen molar-refractivity contribution in [2.45, 2.75) is 31.0 Å². The monoisotopic (exact) mass is 183 g/mol. The fourth-order valence-corrected chi connectivity index (χ4v) is 3.39. The zero-order valence-corrected chi connectivity index (χ0v) is 8.33. The molecular weight excluding hydrogens is 164 g/mol. The van der Waals surface area contributed by atoms with E-state index in [1.165, 1.54) is 30.4 Å². The molecule has 2 atom stereocenters. The van der Waals surface area contributed by atoms with Crippen LogP contribution in [0.1, 0.15) is 12.8 Å². The van der Waals surface area contributed by atoms with E-state index in [4.69, 9.17) is 4.74 Å². The highest BCUT2D eigenvalue weighted by atomic mass is 16.5. The van der Waals surface area contributed by atoms with Crippen LogP contribution in [0.25, 0.3) is 0 Å². The van der Waals surface area contributed by atoms with Gasteiger partial charge in [-0.3, -0.25) is 0 Å². The first-order valence-corrected chi connectivity index (χ1v) is 5.46. The van der Waals surface area contributed by atoms with Gasteiger partial charge in [0.15, 0.2) is 0 Å². The topological polar surface area (TPSA) is 21.3 Å². The molecule has 0 aromatic heterocycles. The van der Waals surface area contributed by atoms with Crippen molar-refractivity contribution in [2.24, 2.45) is 0 Å². The molecule has 3 heterocycles. The number of hydrogen-bond acceptors (Lipinski definition) is 2. The minimum atomic E-state index is 0.805. The molecule has 2 bridgehead atoms. The summed E-state index contributed by atoms with van der Waals surface area (Å²) in [4.78, 5) is 0. The molecule has 2 unspecified atom stereocenters. The van der Waals surface area contributed by atoms with Gasteiger partial charge in [-0.05, 0) is 0 Å². The fraction of sp³-hybridized carbons (Fsp3) is 1.00. The lowest BCUT2D eigenvalue weighted by Gasteiger charge is -2.52. The molecule has 3 fully saturated rings. The van der Waals surface area contributed by atoms with Crippen LogP contribution in [0.3, 0.4) is 0 Å². The fourth-order valence-electron chi connectivity index (χ4n) is 3.39. The van der Waals surface area contributed by atoms with E-state index in [2.05, 4.69) is 12.4 Å². The number of rotatable bonds is 1. The van der Waals surface area contributed by atoms with E-state index in [0.29, 0.717) is 0 Å². The molecule has 1 N–H and O–H groups in total. The Kier molecular flexibility index (Phi) is 1.70. The number of fused-ring (bicyclic) bond motifs is 2. The summed E-state index contributed by atoms with van der Waals surface area (Å²) in [7, 11) is 2.45. The molecule has 0 aromatic rings. The number of likely N-dealkylation sites (N-methyl/N-ethyl adjacent to an activating group) is 1. The molecule has 3 nitrogen and oxygen atoms in total. The first-order chi connectivity index (χ1) is 6.32. The summed E-state index contributed by atoms with van der Waals surface area (Å²) in [5.41, 5.74) is 0. The van der Waals surface area contributed by atoms with Gasteiger partial charge in [-0.15, -0.1) is 0 Å². The smallest absolute Gasteiger partial charge is 0.137 e. The second-order valence-electron chi connectivity index (χ2n) is 4.96. The van der Waals surface area contributed by atoms with Crippen molar-refractivity contribution in [3.05, 3.63) is 0 Å². The van der Waals surface area contributed by atoms with Crippen LogP contribution in [0.4, 0.5) is 0 Å². The van der Waals surface area contributed by atoms with Crippen molar-refractivity contribution in [3.8, 4) is 0 Å². The second-order valence-corrected chi connectivity index (χ2v) is 4.96. The third-order valence-electron chi connectivity index (χ3n) is 4.57. The van der Waals surface area contributed by atoms with Gasteiger partial charge in [0, 0.05) is 25.9 Å². The molecule has 3 aliphatic heterocycles. The van der Waals surface area contributed by atoms with Gasteiger partial charge >= 0.3 is 0 Å². The second kappa shape index (κ2) is 2.69. The van der Waals surface area contributed by atoms with E-state index in [9.17, 15) is 0 Å². The SMILES string of the molecule is C[N+]1(C2COC2)C2CCC1CNC2. The number of nitrogens with zero attached hydrogens (tertiary/aromatic N) is 1. The maximum Gasteiger partial charge on any atom is 0.137 e. The van der Waals surface area contributed by atoms with Crippen LogP contribution in [-0.4, -0.2) is 56.0 Å². The Hall–Kier alpha value is -0.120. The van der Waals surface area contributed by atoms with Crippen molar-refractivity contribution >= 4 is 0 Å². The predicted octanol–water partition coefficient (Wildman–Crippen LogP) is -0.0340. The molecule has 3 saturated heterocycles. The molecule has 0 radical (unpaired) electrons. The quantitative estimate of drug-likeness (QED) is 0.576. The van der Waals surface area contributed by atoms with E-state index < -0.39 is 0 Å². The van der Waals surface area contributed by atoms with Crippen molar-refractivity contribution < 1.29 is 9.22 Å². The summed E-state index contributed by atoms with van der Waals surface area (Å²) >= 11 is 0. The highest BCUT2D eigenvalue weighted by Gasteiger charge is 2.54. The largest absolute Gasteiger partial charge is 0.369 e. The first kappa shape index (κ1) is 8.21. The minimum Gasteiger partial charge on any atom is -0.369 e. The number of piperazine rings is 1. The highest BCUT2D eigenvalue weighted by molar-refractivity contribution is 4.87. The van der Waals surface area contributed by atoms with E-state index in [1.807, 2.05) is 0 Å². The lowest BCUT2D eigenvalue weighted by Crippen LogP contribution is -2.72. The van der Waals surface area contributed by atoms with Crippen LogP contribution in [0.15, 0.2) is 0 Å². The first-order valence-electron chi connectivity index (χ1n) is 5.46. The van der Waals surface area contributed by atoms with Crippen LogP contribution in [0.2, 0.25) is 0 Å². The van der Waals surface area contributed by atoms with Gasteiger partial charge < -0.3 is 14.5 Å². The van der Waals surface area contributed by atoms with E-state index in [-0.39, 0.29) is 0 Å². The number of nitrogens with one attached hydrogen (secondary N) is 1. The predicted molar refractivity (Wildman–Crippen MR) is 50.5 cm³/mol. The Balaban J connectivity index is 1.87. The van der Waals surface area contributed by atoms with Gasteiger partial charge in [0.2, 0.25) is 0 Å². The molecule has 0 aromatic carbocycles. The van der Waals surface area contributed by atoms with E-state index in [0.717, 1.165) is 31.3 Å². The maximum atomic E-state index is 5.34. The Morgan fingerprint density at radius 3 is 2.15 bits per heavy atom. The number of ether oxygens (including phenoxy) is 1. The van der Waals surface area contributed by atoms with Gasteiger partial charge in [-0.2, -0.15) is 0 Å². The third-order valence-corrected chi connectivity index (χ3v) is 4.57. The molecule has 3 heteroatoms. The minimum absolute atomic E-state index is 0.805. The zero-order valence-electron chi connectivity index (χ0n) is 8.33. The summed E-state index contributed by atoms with van der Waals surface area (Å²) in [6.07, 6.45) is 2.84. The molecule has 0 spiro atoms. The van der Waals surface area contributed by atoms with Crippen molar-refractivity contribution in [3.63, 3.8) is 0 Å². The number of quaternary nitrogens is 1. The van der Waals surface area contributed by atoms with Crippen LogP contribution in [0, 0.1) is 0 Å². The lowest BCUT2D eigenvalue weighted by molar-refractivity contribution is -0.975. The molecule has 13 heavy (non-hydrogen) atoms. The molecule has 3 rings (SSSR count). The van der Waals surface area contributed by atoms with Crippen LogP contribution >= 0.6 is 0 Å². The molecule has 0 saturated carbocycles. The molecule has 3 aliphatic rings. The Labute approximate surface area is 79.6 Å². The van der Waals surface area contributed by atoms with Gasteiger partial charge in [0.05, 0.1) is 7.05 Å². The van der Waals surface area contributed by atoms with Gasteiger partial charge in [0.1, 0.15) is 31.3 Å². The molecule has 0 aliphatic carbocycles. The van der Waals surface area contributed by atoms with Crippen molar-refractivity contribution in [1.29, 1.82) is 0 Å². The average molecular weight is 183 g/mol. The van der Waals surface area contributed by atoms with Crippen LogP contribution in [0.5, 0.6) is 0 Å². The maximum absolute atomic E-state index is 5.34. The molecule has 74 valence electrons. The van der Waals surface area contributed by atoms with Crippen LogP contribution < -0.4 is 5.32 Å². The van der Waals surface area contributed by atoms with Crippen LogP contribution in [-0.2, 0) is 4.74 Å². The van der Waals surface area contributed by atoms with Gasteiger partial charge in [-0.1, -0.05) is 0 Å². The standard InChI is InChI=1S/C10H19N2O/c1-12(10-6-13-7-10)8-2-3-9(12)5-11-4-8/h8-11H,2-7H2,1H3/q+1. The Morgan fingerprint density at radius 1 is 1.08 bits per heavy atom. The molecule has 0 amide bonds. The molecular formula is C10H19N2O+. The Bertz CT molecular complexity index is 199. The third kappa shape index (κ3) is 0.953. The normalized spacial score (nSPS) is 50.5. The van der Waals surface area contributed by atoms with Crippen molar-refractivity contribution in [2.75, 3.05) is 33.4 Å². The summed E-state index contributed by atoms with van der Waals surface area (Å²) in [6.45, 7) is 4.46. The summed E-state index contributed by atoms with van der Waals surface area (Å²) in [5.74, 6) is 0. The summed E-state index contributed by atoms with van der Waals surface area (Å²) in [5, 5.41) is 3.55. The highest BCUT2D eigenvalue weighted by Crippen LogP contribution is 2.38. The summed E-state index contributed by atoms with van der Waals surface area (Å²) < 4.78 is 6.65. The van der Waals surface area contributed by atoms with Gasteiger partial charge in [-0.25, -0.2) is 0 Å². The average Bonchev–Trinajstić information content (AvgIpc) is 2.26.